The predicted molar refractivity (Wildman–Crippen MR) is 109 cm³/mol. The lowest BCUT2D eigenvalue weighted by Gasteiger charge is -2.04. The molecule has 9 heteroatoms. The summed E-state index contributed by atoms with van der Waals surface area (Å²) in [5.41, 5.74) is 3.68. The SMILES string of the molecule is O=C(NCc1ncccc1F)c1csc(CCNCc2ccc3nc[nH]c3c2)n1. The number of imidazole rings is 1. The van der Waals surface area contributed by atoms with Crippen LogP contribution in [-0.4, -0.2) is 32.4 Å². The molecule has 3 N–H and O–H groups in total. The van der Waals surface area contributed by atoms with Crippen LogP contribution in [0.1, 0.15) is 26.8 Å². The highest BCUT2D eigenvalue weighted by Gasteiger charge is 2.12. The number of benzene rings is 1. The molecule has 1 aromatic carbocycles. The number of pyridine rings is 1. The fourth-order valence-electron chi connectivity index (χ4n) is 2.85. The van der Waals surface area contributed by atoms with Gasteiger partial charge in [0.15, 0.2) is 0 Å². The van der Waals surface area contributed by atoms with Crippen molar-refractivity contribution in [1.82, 2.24) is 30.6 Å². The number of halogens is 1. The normalized spacial score (nSPS) is 11.1. The standard InChI is InChI=1S/C20H19FN6OS/c21-14-2-1-6-23-17(14)10-24-20(28)18-11-29-19(27-18)5-7-22-9-13-3-4-15-16(8-13)26-12-25-15/h1-4,6,8,11-12,22H,5,7,9-10H2,(H,24,28)(H,25,26). The van der Waals surface area contributed by atoms with Gasteiger partial charge in [0.2, 0.25) is 0 Å². The zero-order valence-electron chi connectivity index (χ0n) is 15.5. The first-order chi connectivity index (χ1) is 14.2. The maximum atomic E-state index is 13.6. The molecule has 0 radical (unpaired) electrons. The molecule has 0 aliphatic rings. The van der Waals surface area contributed by atoms with E-state index in [2.05, 4.69) is 36.6 Å². The minimum absolute atomic E-state index is 0.0284. The summed E-state index contributed by atoms with van der Waals surface area (Å²) in [7, 11) is 0. The van der Waals surface area contributed by atoms with Gasteiger partial charge >= 0.3 is 0 Å². The van der Waals surface area contributed by atoms with Crippen molar-refractivity contribution in [3.63, 3.8) is 0 Å². The van der Waals surface area contributed by atoms with Crippen LogP contribution in [0, 0.1) is 5.82 Å². The lowest BCUT2D eigenvalue weighted by Crippen LogP contribution is -2.24. The fraction of sp³-hybridized carbons (Fsp3) is 0.200. The van der Waals surface area contributed by atoms with Gasteiger partial charge in [-0.05, 0) is 29.8 Å². The number of amides is 1. The summed E-state index contributed by atoms with van der Waals surface area (Å²) in [6.45, 7) is 1.51. The van der Waals surface area contributed by atoms with E-state index in [9.17, 15) is 9.18 Å². The lowest BCUT2D eigenvalue weighted by atomic mass is 10.2. The van der Waals surface area contributed by atoms with Gasteiger partial charge < -0.3 is 15.6 Å². The first-order valence-corrected chi connectivity index (χ1v) is 10.0. The van der Waals surface area contributed by atoms with Crippen molar-refractivity contribution >= 4 is 28.3 Å². The van der Waals surface area contributed by atoms with Crippen LogP contribution in [0.4, 0.5) is 4.39 Å². The number of H-pyrrole nitrogens is 1. The smallest absolute Gasteiger partial charge is 0.271 e. The molecule has 0 fully saturated rings. The Balaban J connectivity index is 1.23. The van der Waals surface area contributed by atoms with Gasteiger partial charge in [0, 0.05) is 31.1 Å². The number of rotatable bonds is 8. The number of nitrogens with zero attached hydrogens (tertiary/aromatic N) is 3. The van der Waals surface area contributed by atoms with Crippen LogP contribution in [0.25, 0.3) is 11.0 Å². The van der Waals surface area contributed by atoms with Crippen molar-refractivity contribution in [2.75, 3.05) is 6.54 Å². The number of carbonyl (C=O) groups excluding carboxylic acids is 1. The Morgan fingerprint density at radius 1 is 1.21 bits per heavy atom. The Bertz CT molecular complexity index is 1120. The van der Waals surface area contributed by atoms with Crippen LogP contribution in [0.3, 0.4) is 0 Å². The molecule has 0 atom stereocenters. The molecule has 0 spiro atoms. The molecule has 3 heterocycles. The number of thiazole rings is 1. The molecule has 4 rings (SSSR count). The highest BCUT2D eigenvalue weighted by atomic mass is 32.1. The lowest BCUT2D eigenvalue weighted by molar-refractivity contribution is 0.0945. The second-order valence-corrected chi connectivity index (χ2v) is 7.36. The van der Waals surface area contributed by atoms with Crippen LogP contribution in [0.5, 0.6) is 0 Å². The molecule has 0 aliphatic heterocycles. The first kappa shape index (κ1) is 19.2. The van der Waals surface area contributed by atoms with Crippen molar-refractivity contribution in [3.8, 4) is 0 Å². The van der Waals surface area contributed by atoms with Crippen molar-refractivity contribution < 1.29 is 9.18 Å². The highest BCUT2D eigenvalue weighted by Crippen LogP contribution is 2.13. The Morgan fingerprint density at radius 2 is 2.14 bits per heavy atom. The molecular weight excluding hydrogens is 391 g/mol. The number of aromatic amines is 1. The van der Waals surface area contributed by atoms with E-state index in [1.165, 1.54) is 35.2 Å². The van der Waals surface area contributed by atoms with Gasteiger partial charge in [0.25, 0.3) is 5.91 Å². The second kappa shape index (κ2) is 8.89. The van der Waals surface area contributed by atoms with Gasteiger partial charge in [-0.3, -0.25) is 9.78 Å². The molecule has 29 heavy (non-hydrogen) atoms. The Morgan fingerprint density at radius 3 is 3.03 bits per heavy atom. The largest absolute Gasteiger partial charge is 0.345 e. The number of carbonyl (C=O) groups is 1. The predicted octanol–water partition coefficient (Wildman–Crippen LogP) is 2.82. The molecule has 148 valence electrons. The van der Waals surface area contributed by atoms with E-state index < -0.39 is 5.82 Å². The van der Waals surface area contributed by atoms with Gasteiger partial charge in [-0.15, -0.1) is 11.3 Å². The zero-order valence-corrected chi connectivity index (χ0v) is 16.3. The molecule has 0 bridgehead atoms. The molecular formula is C20H19FN6OS. The molecule has 0 saturated heterocycles. The maximum absolute atomic E-state index is 13.6. The minimum Gasteiger partial charge on any atom is -0.345 e. The Hall–Kier alpha value is -3.17. The van der Waals surface area contributed by atoms with Crippen molar-refractivity contribution in [3.05, 3.63) is 76.0 Å². The van der Waals surface area contributed by atoms with Crippen molar-refractivity contribution in [1.29, 1.82) is 0 Å². The summed E-state index contributed by atoms with van der Waals surface area (Å²) in [5.74, 6) is -0.775. The summed E-state index contributed by atoms with van der Waals surface area (Å²) in [6, 6.07) is 8.94. The van der Waals surface area contributed by atoms with Gasteiger partial charge in [0.1, 0.15) is 11.5 Å². The zero-order chi connectivity index (χ0) is 20.1. The summed E-state index contributed by atoms with van der Waals surface area (Å²) in [4.78, 5) is 27.8. The second-order valence-electron chi connectivity index (χ2n) is 6.42. The van der Waals surface area contributed by atoms with Gasteiger partial charge in [-0.2, -0.15) is 0 Å². The van der Waals surface area contributed by atoms with Crippen LogP contribution in [0.2, 0.25) is 0 Å². The molecule has 0 aliphatic carbocycles. The average molecular weight is 410 g/mol. The van der Waals surface area contributed by atoms with E-state index in [0.717, 1.165) is 35.6 Å². The topological polar surface area (TPSA) is 95.6 Å². The van der Waals surface area contributed by atoms with Gasteiger partial charge in [-0.25, -0.2) is 14.4 Å². The van der Waals surface area contributed by atoms with E-state index in [4.69, 9.17) is 0 Å². The molecule has 0 saturated carbocycles. The number of hydrogen-bond acceptors (Lipinski definition) is 6. The molecule has 7 nitrogen and oxygen atoms in total. The van der Waals surface area contributed by atoms with Crippen LogP contribution in [-0.2, 0) is 19.5 Å². The maximum Gasteiger partial charge on any atom is 0.271 e. The Labute approximate surface area is 170 Å². The third-order valence-corrected chi connectivity index (χ3v) is 5.27. The minimum atomic E-state index is -0.440. The monoisotopic (exact) mass is 410 g/mol. The fourth-order valence-corrected chi connectivity index (χ4v) is 3.63. The third-order valence-electron chi connectivity index (χ3n) is 4.36. The summed E-state index contributed by atoms with van der Waals surface area (Å²) in [6.07, 6.45) is 3.90. The van der Waals surface area contributed by atoms with Crippen LogP contribution in [0.15, 0.2) is 48.2 Å². The Kier molecular flexibility index (Phi) is 5.87. The van der Waals surface area contributed by atoms with E-state index in [1.807, 2.05) is 12.1 Å². The summed E-state index contributed by atoms with van der Waals surface area (Å²) >= 11 is 1.44. The van der Waals surface area contributed by atoms with Gasteiger partial charge in [0.05, 0.1) is 34.6 Å². The molecule has 4 aromatic rings. The van der Waals surface area contributed by atoms with E-state index in [-0.39, 0.29) is 18.1 Å². The highest BCUT2D eigenvalue weighted by molar-refractivity contribution is 7.09. The van der Waals surface area contributed by atoms with E-state index in [1.54, 1.807) is 11.7 Å². The van der Waals surface area contributed by atoms with Crippen LogP contribution >= 0.6 is 11.3 Å². The number of nitrogens with one attached hydrogen (secondary N) is 3. The van der Waals surface area contributed by atoms with Gasteiger partial charge in [-0.1, -0.05) is 6.07 Å². The first-order valence-electron chi connectivity index (χ1n) is 9.14. The molecule has 3 aromatic heterocycles. The quantitative estimate of drug-likeness (QED) is 0.388. The number of fused-ring (bicyclic) bond motifs is 1. The molecule has 0 unspecified atom stereocenters. The number of aromatic nitrogens is 4. The van der Waals surface area contributed by atoms with Crippen molar-refractivity contribution in [2.45, 2.75) is 19.5 Å². The van der Waals surface area contributed by atoms with Crippen molar-refractivity contribution in [2.24, 2.45) is 0 Å². The summed E-state index contributed by atoms with van der Waals surface area (Å²) in [5, 5.41) is 8.61. The van der Waals surface area contributed by atoms with E-state index in [0.29, 0.717) is 5.69 Å². The molecule has 1 amide bonds. The number of hydrogen-bond donors (Lipinski definition) is 3. The van der Waals surface area contributed by atoms with Crippen LogP contribution < -0.4 is 10.6 Å². The van der Waals surface area contributed by atoms with E-state index >= 15 is 0 Å². The third kappa shape index (κ3) is 4.82. The average Bonchev–Trinajstić information content (AvgIpc) is 3.39. The summed E-state index contributed by atoms with van der Waals surface area (Å²) < 4.78 is 13.6.